The topological polar surface area (TPSA) is 61.6 Å². The van der Waals surface area contributed by atoms with E-state index in [-0.39, 0.29) is 21.3 Å². The minimum Gasteiger partial charge on any atom is -0.458 e. The Hall–Kier alpha value is -1.45. The van der Waals surface area contributed by atoms with Crippen molar-refractivity contribution in [1.29, 1.82) is 0 Å². The van der Waals surface area contributed by atoms with Gasteiger partial charge in [0.15, 0.2) is 0 Å². The molecular formula is C9H10NO4P. The number of rotatable bonds is 6. The average molecular weight is 227 g/mol. The van der Waals surface area contributed by atoms with E-state index in [0.717, 1.165) is 0 Å². The lowest BCUT2D eigenvalue weighted by Gasteiger charge is -2.03. The van der Waals surface area contributed by atoms with Gasteiger partial charge in [-0.1, -0.05) is 18.7 Å². The second-order valence-corrected chi connectivity index (χ2v) is 3.23. The first-order chi connectivity index (χ1) is 7.25. The fraction of sp³-hybridized carbons (Fsp3) is 0.111. The quantitative estimate of drug-likeness (QED) is 0.246. The van der Waals surface area contributed by atoms with Crippen molar-refractivity contribution in [3.63, 3.8) is 0 Å². The molecule has 0 N–H and O–H groups in total. The van der Waals surface area contributed by atoms with Crippen LogP contribution in [0.2, 0.25) is 0 Å². The number of para-hydroxylation sites is 1. The fourth-order valence-electron chi connectivity index (χ4n) is 0.986. The second-order valence-electron chi connectivity index (χ2n) is 2.54. The molecule has 0 amide bonds. The Labute approximate surface area is 88.8 Å². The largest absolute Gasteiger partial charge is 0.458 e. The lowest BCUT2D eigenvalue weighted by atomic mass is 10.2. The summed E-state index contributed by atoms with van der Waals surface area (Å²) in [6, 6.07) is 6.43. The van der Waals surface area contributed by atoms with E-state index in [1.165, 1.54) is 12.3 Å². The molecule has 0 saturated heterocycles. The van der Waals surface area contributed by atoms with E-state index >= 15 is 0 Å². The van der Waals surface area contributed by atoms with Crippen LogP contribution in [-0.4, -0.2) is 4.92 Å². The van der Waals surface area contributed by atoms with Crippen molar-refractivity contribution < 1.29 is 14.0 Å². The number of hydrogen-bond acceptors (Lipinski definition) is 4. The minimum absolute atomic E-state index is 0.0564. The van der Waals surface area contributed by atoms with Gasteiger partial charge in [-0.3, -0.25) is 10.1 Å². The smallest absolute Gasteiger partial charge is 0.274 e. The van der Waals surface area contributed by atoms with Crippen LogP contribution in [0.1, 0.15) is 5.56 Å². The molecule has 0 saturated carbocycles. The van der Waals surface area contributed by atoms with Gasteiger partial charge >= 0.3 is 0 Å². The summed E-state index contributed by atoms with van der Waals surface area (Å²) in [5, 5.41) is 10.6. The highest BCUT2D eigenvalue weighted by Gasteiger charge is 2.11. The van der Waals surface area contributed by atoms with E-state index in [4.69, 9.17) is 9.05 Å². The highest BCUT2D eigenvalue weighted by molar-refractivity contribution is 7.26. The van der Waals surface area contributed by atoms with E-state index in [1.54, 1.807) is 18.2 Å². The molecule has 6 heteroatoms. The Morgan fingerprint density at radius 3 is 2.93 bits per heavy atom. The zero-order valence-corrected chi connectivity index (χ0v) is 8.88. The third kappa shape index (κ3) is 3.65. The Morgan fingerprint density at radius 2 is 2.27 bits per heavy atom. The van der Waals surface area contributed by atoms with Crippen molar-refractivity contribution in [3.8, 4) is 0 Å². The molecule has 0 heterocycles. The Bertz CT molecular complexity index is 356. The van der Waals surface area contributed by atoms with Crippen LogP contribution in [0.15, 0.2) is 37.1 Å². The molecule has 1 rings (SSSR count). The molecule has 0 aliphatic carbocycles. The molecule has 0 aromatic heterocycles. The molecule has 5 nitrogen and oxygen atoms in total. The predicted molar refractivity (Wildman–Crippen MR) is 57.5 cm³/mol. The zero-order valence-electron chi connectivity index (χ0n) is 7.88. The van der Waals surface area contributed by atoms with Crippen LogP contribution in [-0.2, 0) is 15.7 Å². The fourth-order valence-corrected chi connectivity index (χ4v) is 1.34. The number of hydrogen-bond donors (Lipinski definition) is 0. The lowest BCUT2D eigenvalue weighted by Crippen LogP contribution is -1.95. The zero-order chi connectivity index (χ0) is 11.1. The van der Waals surface area contributed by atoms with Gasteiger partial charge < -0.3 is 9.05 Å². The molecule has 0 aliphatic heterocycles. The molecule has 0 aliphatic rings. The highest BCUT2D eigenvalue weighted by atomic mass is 31.1. The molecule has 1 atom stereocenters. The summed E-state index contributed by atoms with van der Waals surface area (Å²) in [4.78, 5) is 10.2. The molecule has 0 radical (unpaired) electrons. The van der Waals surface area contributed by atoms with Gasteiger partial charge in [-0.25, -0.2) is 0 Å². The summed E-state index contributed by atoms with van der Waals surface area (Å²) >= 11 is 0. The predicted octanol–water partition coefficient (Wildman–Crippen LogP) is 2.78. The van der Waals surface area contributed by atoms with Gasteiger partial charge in [-0.2, -0.15) is 0 Å². The summed E-state index contributed by atoms with van der Waals surface area (Å²) in [5.41, 5.74) is 0.587. The summed E-state index contributed by atoms with van der Waals surface area (Å²) in [5.74, 6) is 0. The van der Waals surface area contributed by atoms with Gasteiger partial charge in [0.05, 0.1) is 23.4 Å². The van der Waals surface area contributed by atoms with Crippen LogP contribution in [0.25, 0.3) is 0 Å². The summed E-state index contributed by atoms with van der Waals surface area (Å²) in [6.45, 7) is 3.50. The van der Waals surface area contributed by atoms with Gasteiger partial charge in [-0.15, -0.1) is 0 Å². The number of nitro groups is 1. The molecule has 0 spiro atoms. The summed E-state index contributed by atoms with van der Waals surface area (Å²) < 4.78 is 9.84. The first-order valence-corrected chi connectivity index (χ1v) is 4.93. The monoisotopic (exact) mass is 227 g/mol. The Balaban J connectivity index is 2.59. The van der Waals surface area contributed by atoms with Gasteiger partial charge in [-0.05, 0) is 6.07 Å². The van der Waals surface area contributed by atoms with Crippen molar-refractivity contribution in [1.82, 2.24) is 0 Å². The first-order valence-electron chi connectivity index (χ1n) is 4.11. The minimum atomic E-state index is -0.434. The lowest BCUT2D eigenvalue weighted by molar-refractivity contribution is -0.385. The maximum atomic E-state index is 10.6. The Kier molecular flexibility index (Phi) is 4.74. The van der Waals surface area contributed by atoms with Crippen molar-refractivity contribution in [3.05, 3.63) is 52.8 Å². The van der Waals surface area contributed by atoms with Crippen LogP contribution in [0.4, 0.5) is 5.69 Å². The highest BCUT2D eigenvalue weighted by Crippen LogP contribution is 2.22. The Morgan fingerprint density at radius 1 is 1.53 bits per heavy atom. The molecule has 1 aromatic carbocycles. The normalized spacial score (nSPS) is 10.4. The van der Waals surface area contributed by atoms with Crippen molar-refractivity contribution >= 4 is 14.7 Å². The van der Waals surface area contributed by atoms with Crippen LogP contribution >= 0.6 is 9.03 Å². The van der Waals surface area contributed by atoms with Gasteiger partial charge in [0, 0.05) is 6.07 Å². The van der Waals surface area contributed by atoms with Crippen LogP contribution in [0, 0.1) is 10.1 Å². The summed E-state index contributed by atoms with van der Waals surface area (Å²) in [7, 11) is -0.193. The molecule has 1 unspecified atom stereocenters. The third-order valence-corrected chi connectivity index (χ3v) is 2.13. The standard InChI is InChI=1S/C9H10NO4P/c1-2-13-15-14-7-8-5-3-4-6-9(8)10(11)12/h2-6,15H,1,7H2. The molecule has 80 valence electrons. The van der Waals surface area contributed by atoms with Crippen LogP contribution < -0.4 is 0 Å². The second kappa shape index (κ2) is 6.11. The van der Waals surface area contributed by atoms with Crippen molar-refractivity contribution in [2.24, 2.45) is 0 Å². The maximum Gasteiger partial charge on any atom is 0.274 e. The van der Waals surface area contributed by atoms with Gasteiger partial charge in [0.2, 0.25) is 9.03 Å². The molecule has 0 bridgehead atoms. The number of benzene rings is 1. The molecule has 1 aromatic rings. The van der Waals surface area contributed by atoms with E-state index in [2.05, 4.69) is 6.58 Å². The van der Waals surface area contributed by atoms with E-state index < -0.39 is 4.92 Å². The summed E-state index contributed by atoms with van der Waals surface area (Å²) in [6.07, 6.45) is 1.26. The molecule has 0 fully saturated rings. The van der Waals surface area contributed by atoms with Gasteiger partial charge in [0.25, 0.3) is 5.69 Å². The molecular weight excluding hydrogens is 217 g/mol. The van der Waals surface area contributed by atoms with E-state index in [1.807, 2.05) is 0 Å². The third-order valence-electron chi connectivity index (χ3n) is 1.61. The van der Waals surface area contributed by atoms with Crippen LogP contribution in [0.5, 0.6) is 0 Å². The van der Waals surface area contributed by atoms with Crippen LogP contribution in [0.3, 0.4) is 0 Å². The van der Waals surface area contributed by atoms with E-state index in [9.17, 15) is 10.1 Å². The SMILES string of the molecule is C=COPOCc1ccccc1[N+](=O)[O-]. The first kappa shape index (κ1) is 11.6. The number of nitro benzene ring substituents is 1. The number of nitrogens with zero attached hydrogens (tertiary/aromatic N) is 1. The van der Waals surface area contributed by atoms with Gasteiger partial charge in [0.1, 0.15) is 0 Å². The molecule has 15 heavy (non-hydrogen) atoms. The average Bonchev–Trinajstić information content (AvgIpc) is 2.25. The van der Waals surface area contributed by atoms with Crippen molar-refractivity contribution in [2.75, 3.05) is 0 Å². The van der Waals surface area contributed by atoms with E-state index in [0.29, 0.717) is 5.56 Å². The maximum absolute atomic E-state index is 10.6. The van der Waals surface area contributed by atoms with Crippen molar-refractivity contribution in [2.45, 2.75) is 6.61 Å².